The minimum absolute atomic E-state index is 0.0653. The van der Waals surface area contributed by atoms with E-state index in [1.807, 2.05) is 25.1 Å². The number of nitrogens with one attached hydrogen (secondary N) is 1. The van der Waals surface area contributed by atoms with Crippen molar-refractivity contribution in [3.8, 4) is 0 Å². The van der Waals surface area contributed by atoms with Gasteiger partial charge in [-0.2, -0.15) is 0 Å². The SMILES string of the molecule is Cc1cccn2c(=O)c3cc(C(N)=S)c(=N)n(Cc4cccnc4)c3nc12. The quantitative estimate of drug-likeness (QED) is 0.417. The number of hydrogen-bond acceptors (Lipinski definition) is 5. The predicted molar refractivity (Wildman–Crippen MR) is 107 cm³/mol. The summed E-state index contributed by atoms with van der Waals surface area (Å²) >= 11 is 5.10. The summed E-state index contributed by atoms with van der Waals surface area (Å²) in [5.41, 5.74) is 8.76. The number of hydrogen-bond donors (Lipinski definition) is 2. The Bertz CT molecular complexity index is 1320. The summed E-state index contributed by atoms with van der Waals surface area (Å²) in [6.45, 7) is 2.22. The summed E-state index contributed by atoms with van der Waals surface area (Å²) in [7, 11) is 0. The van der Waals surface area contributed by atoms with Gasteiger partial charge in [-0.15, -0.1) is 0 Å². The van der Waals surface area contributed by atoms with E-state index in [0.717, 1.165) is 11.1 Å². The topological polar surface area (TPSA) is 102 Å². The highest BCUT2D eigenvalue weighted by molar-refractivity contribution is 7.80. The second-order valence-electron chi connectivity index (χ2n) is 6.26. The molecule has 0 amide bonds. The van der Waals surface area contributed by atoms with E-state index in [1.165, 1.54) is 4.40 Å². The van der Waals surface area contributed by atoms with Gasteiger partial charge in [-0.3, -0.25) is 19.6 Å². The zero-order valence-electron chi connectivity index (χ0n) is 14.5. The van der Waals surface area contributed by atoms with Gasteiger partial charge < -0.3 is 10.3 Å². The molecule has 4 aromatic rings. The molecule has 0 saturated carbocycles. The molecule has 3 N–H and O–H groups in total. The fourth-order valence-corrected chi connectivity index (χ4v) is 3.27. The molecule has 0 aliphatic carbocycles. The first-order valence-electron chi connectivity index (χ1n) is 8.26. The van der Waals surface area contributed by atoms with Gasteiger partial charge >= 0.3 is 0 Å². The van der Waals surface area contributed by atoms with E-state index in [4.69, 9.17) is 28.3 Å². The lowest BCUT2D eigenvalue weighted by Crippen LogP contribution is -2.32. The molecule has 0 aromatic carbocycles. The van der Waals surface area contributed by atoms with Gasteiger partial charge in [-0.1, -0.05) is 24.4 Å². The Balaban J connectivity index is 2.16. The molecule has 27 heavy (non-hydrogen) atoms. The zero-order chi connectivity index (χ0) is 19.1. The van der Waals surface area contributed by atoms with Crippen LogP contribution in [0.1, 0.15) is 16.7 Å². The minimum Gasteiger partial charge on any atom is -0.389 e. The summed E-state index contributed by atoms with van der Waals surface area (Å²) in [6.07, 6.45) is 5.07. The zero-order valence-corrected chi connectivity index (χ0v) is 15.3. The first kappa shape index (κ1) is 17.0. The molecule has 0 spiro atoms. The molecule has 7 nitrogen and oxygen atoms in total. The molecule has 0 fully saturated rings. The van der Waals surface area contributed by atoms with Crippen LogP contribution in [0.3, 0.4) is 0 Å². The number of fused-ring (bicyclic) bond motifs is 2. The lowest BCUT2D eigenvalue weighted by Gasteiger charge is -2.15. The highest BCUT2D eigenvalue weighted by Crippen LogP contribution is 2.14. The van der Waals surface area contributed by atoms with Crippen LogP contribution in [-0.4, -0.2) is 23.9 Å². The summed E-state index contributed by atoms with van der Waals surface area (Å²) in [5, 5.41) is 8.93. The van der Waals surface area contributed by atoms with Crippen LogP contribution < -0.4 is 16.8 Å². The van der Waals surface area contributed by atoms with Crippen molar-refractivity contribution in [1.82, 2.24) is 18.9 Å². The van der Waals surface area contributed by atoms with Crippen LogP contribution in [0.5, 0.6) is 0 Å². The highest BCUT2D eigenvalue weighted by Gasteiger charge is 2.15. The molecule has 4 rings (SSSR count). The Morgan fingerprint density at radius 2 is 2.11 bits per heavy atom. The van der Waals surface area contributed by atoms with E-state index in [9.17, 15) is 4.79 Å². The number of rotatable bonds is 3. The molecular weight excluding hydrogens is 360 g/mol. The van der Waals surface area contributed by atoms with Crippen molar-refractivity contribution < 1.29 is 0 Å². The standard InChI is InChI=1S/C19H16N6OS/c1-11-4-3-7-24-17(11)23-18-14(19(24)26)8-13(16(21)27)15(20)25(18)10-12-5-2-6-22-9-12/h2-9,20H,10H2,1H3,(H2,21,27). The Morgan fingerprint density at radius 1 is 1.30 bits per heavy atom. The van der Waals surface area contributed by atoms with Crippen molar-refractivity contribution in [3.05, 3.63) is 81.5 Å². The summed E-state index contributed by atoms with van der Waals surface area (Å²) < 4.78 is 3.15. The fourth-order valence-electron chi connectivity index (χ4n) is 3.11. The Kier molecular flexibility index (Phi) is 4.04. The molecule has 8 heteroatoms. The first-order chi connectivity index (χ1) is 13.0. The molecule has 0 aliphatic rings. The second-order valence-corrected chi connectivity index (χ2v) is 6.70. The van der Waals surface area contributed by atoms with Crippen molar-refractivity contribution in [1.29, 1.82) is 5.41 Å². The van der Waals surface area contributed by atoms with Crippen LogP contribution in [0.2, 0.25) is 0 Å². The molecule has 0 radical (unpaired) electrons. The maximum Gasteiger partial charge on any atom is 0.267 e. The van der Waals surface area contributed by atoms with Crippen LogP contribution in [0.25, 0.3) is 16.7 Å². The van der Waals surface area contributed by atoms with E-state index in [1.54, 1.807) is 35.3 Å². The van der Waals surface area contributed by atoms with Gasteiger partial charge in [0.05, 0.1) is 17.5 Å². The van der Waals surface area contributed by atoms with Crippen molar-refractivity contribution in [2.75, 3.05) is 0 Å². The van der Waals surface area contributed by atoms with Crippen LogP contribution in [0.4, 0.5) is 0 Å². The molecule has 0 unspecified atom stereocenters. The number of thiocarbonyl (C=S) groups is 1. The van der Waals surface area contributed by atoms with Crippen molar-refractivity contribution >= 4 is 33.9 Å². The number of aryl methyl sites for hydroxylation is 1. The molecule has 0 saturated heterocycles. The van der Waals surface area contributed by atoms with Crippen LogP contribution in [0.15, 0.2) is 53.7 Å². The van der Waals surface area contributed by atoms with Crippen LogP contribution in [0, 0.1) is 12.3 Å². The predicted octanol–water partition coefficient (Wildman–Crippen LogP) is 1.51. The largest absolute Gasteiger partial charge is 0.389 e. The molecule has 4 heterocycles. The van der Waals surface area contributed by atoms with Crippen molar-refractivity contribution in [2.45, 2.75) is 13.5 Å². The van der Waals surface area contributed by atoms with Gasteiger partial charge in [-0.25, -0.2) is 4.98 Å². The molecule has 0 atom stereocenters. The smallest absolute Gasteiger partial charge is 0.267 e. The molecule has 0 aliphatic heterocycles. The van der Waals surface area contributed by atoms with E-state index in [0.29, 0.717) is 28.8 Å². The van der Waals surface area contributed by atoms with Gasteiger partial charge in [0.2, 0.25) is 0 Å². The second kappa shape index (κ2) is 6.40. The molecule has 0 bridgehead atoms. The van der Waals surface area contributed by atoms with Gasteiger partial charge in [0.25, 0.3) is 5.56 Å². The first-order valence-corrected chi connectivity index (χ1v) is 8.67. The fraction of sp³-hybridized carbons (Fsp3) is 0.105. The minimum atomic E-state index is -0.226. The van der Waals surface area contributed by atoms with Gasteiger partial charge in [0.1, 0.15) is 21.8 Å². The number of pyridine rings is 3. The Hall–Kier alpha value is -3.39. The van der Waals surface area contributed by atoms with E-state index < -0.39 is 0 Å². The summed E-state index contributed by atoms with van der Waals surface area (Å²) in [6, 6.07) is 8.97. The monoisotopic (exact) mass is 376 g/mol. The van der Waals surface area contributed by atoms with Gasteiger partial charge in [-0.05, 0) is 36.2 Å². The van der Waals surface area contributed by atoms with Crippen molar-refractivity contribution in [2.24, 2.45) is 5.73 Å². The number of nitrogens with zero attached hydrogens (tertiary/aromatic N) is 4. The molecule has 134 valence electrons. The maximum absolute atomic E-state index is 13.1. The third-order valence-corrected chi connectivity index (χ3v) is 4.68. The van der Waals surface area contributed by atoms with Gasteiger partial charge in [0.15, 0.2) is 0 Å². The Labute approximate surface area is 159 Å². The number of aromatic nitrogens is 4. The van der Waals surface area contributed by atoms with E-state index >= 15 is 0 Å². The van der Waals surface area contributed by atoms with E-state index in [2.05, 4.69) is 4.98 Å². The Morgan fingerprint density at radius 3 is 2.81 bits per heavy atom. The van der Waals surface area contributed by atoms with Crippen molar-refractivity contribution in [3.63, 3.8) is 0 Å². The summed E-state index contributed by atoms with van der Waals surface area (Å²) in [4.78, 5) is 22.0. The third kappa shape index (κ3) is 2.80. The number of nitrogens with two attached hydrogens (primary N) is 1. The summed E-state index contributed by atoms with van der Waals surface area (Å²) in [5.74, 6) is 0. The highest BCUT2D eigenvalue weighted by atomic mass is 32.1. The van der Waals surface area contributed by atoms with E-state index in [-0.39, 0.29) is 16.0 Å². The maximum atomic E-state index is 13.1. The van der Waals surface area contributed by atoms with Crippen LogP contribution in [-0.2, 0) is 6.54 Å². The van der Waals surface area contributed by atoms with Gasteiger partial charge in [0, 0.05) is 18.6 Å². The molecular formula is C19H16N6OS. The lowest BCUT2D eigenvalue weighted by atomic mass is 10.2. The average molecular weight is 376 g/mol. The normalized spacial score (nSPS) is 11.1. The lowest BCUT2D eigenvalue weighted by molar-refractivity contribution is 0.747. The molecule has 4 aromatic heterocycles. The third-order valence-electron chi connectivity index (χ3n) is 4.46. The average Bonchev–Trinajstić information content (AvgIpc) is 2.66. The van der Waals surface area contributed by atoms with Crippen LogP contribution >= 0.6 is 12.2 Å².